The summed E-state index contributed by atoms with van der Waals surface area (Å²) in [6.45, 7) is 3.28. The molecular formula is C27H35N3O5S. The predicted octanol–water partition coefficient (Wildman–Crippen LogP) is 2.53. The number of amides is 3. The number of hydrogen-bond donors (Lipinski definition) is 2. The first kappa shape index (κ1) is 24.1. The van der Waals surface area contributed by atoms with Crippen molar-refractivity contribution in [2.24, 2.45) is 11.8 Å². The number of thiophene rings is 1. The maximum Gasteiger partial charge on any atom is 0.246 e. The molecule has 3 amide bonds. The molecule has 1 aromatic rings. The molecule has 5 heterocycles. The van der Waals surface area contributed by atoms with Crippen LogP contribution >= 0.6 is 11.3 Å². The lowest BCUT2D eigenvalue weighted by atomic mass is 9.70. The molecule has 2 N–H and O–H groups in total. The van der Waals surface area contributed by atoms with E-state index in [1.807, 2.05) is 36.6 Å². The van der Waals surface area contributed by atoms with Gasteiger partial charge < -0.3 is 25.0 Å². The summed E-state index contributed by atoms with van der Waals surface area (Å²) < 4.78 is 12.4. The van der Waals surface area contributed by atoms with E-state index < -0.39 is 29.1 Å². The van der Waals surface area contributed by atoms with Crippen LogP contribution in [-0.4, -0.2) is 65.2 Å². The summed E-state index contributed by atoms with van der Waals surface area (Å²) in [5, 5.41) is 8.24. The van der Waals surface area contributed by atoms with E-state index in [4.69, 9.17) is 9.47 Å². The second-order valence-corrected chi connectivity index (χ2v) is 12.1. The lowest BCUT2D eigenvalue weighted by Gasteiger charge is -2.35. The van der Waals surface area contributed by atoms with E-state index in [2.05, 4.69) is 10.6 Å². The summed E-state index contributed by atoms with van der Waals surface area (Å²) in [6.07, 6.45) is 10.8. The van der Waals surface area contributed by atoms with Crippen LogP contribution in [-0.2, 0) is 30.4 Å². The Morgan fingerprint density at radius 2 is 1.97 bits per heavy atom. The van der Waals surface area contributed by atoms with Crippen molar-refractivity contribution in [1.29, 1.82) is 0 Å². The second kappa shape index (κ2) is 9.26. The molecular weight excluding hydrogens is 478 g/mol. The van der Waals surface area contributed by atoms with Gasteiger partial charge in [0.25, 0.3) is 0 Å². The molecule has 6 unspecified atom stereocenters. The van der Waals surface area contributed by atoms with Gasteiger partial charge in [-0.15, -0.1) is 11.3 Å². The van der Waals surface area contributed by atoms with Gasteiger partial charge in [0.2, 0.25) is 17.7 Å². The van der Waals surface area contributed by atoms with Gasteiger partial charge in [-0.25, -0.2) is 0 Å². The molecule has 1 saturated carbocycles. The van der Waals surface area contributed by atoms with Crippen molar-refractivity contribution in [2.45, 2.75) is 87.8 Å². The number of likely N-dealkylation sites (tertiary alicyclic amines) is 1. The van der Waals surface area contributed by atoms with E-state index in [0.29, 0.717) is 19.7 Å². The fourth-order valence-corrected chi connectivity index (χ4v) is 7.70. The highest BCUT2D eigenvalue weighted by atomic mass is 32.1. The molecule has 8 nitrogen and oxygen atoms in total. The van der Waals surface area contributed by atoms with Crippen molar-refractivity contribution in [3.8, 4) is 0 Å². The Hall–Kier alpha value is -2.23. The minimum atomic E-state index is -1.14. The van der Waals surface area contributed by atoms with Crippen LogP contribution in [0.25, 0.3) is 0 Å². The molecule has 2 bridgehead atoms. The van der Waals surface area contributed by atoms with E-state index in [1.54, 1.807) is 16.2 Å². The Morgan fingerprint density at radius 1 is 1.14 bits per heavy atom. The lowest BCUT2D eigenvalue weighted by Crippen LogP contribution is -2.57. The number of rotatable bonds is 7. The number of hydrogen-bond acceptors (Lipinski definition) is 6. The van der Waals surface area contributed by atoms with Gasteiger partial charge in [-0.3, -0.25) is 14.4 Å². The largest absolute Gasteiger partial charge is 0.376 e. The molecule has 4 aliphatic heterocycles. The Bertz CT molecular complexity index is 1050. The topological polar surface area (TPSA) is 97.0 Å². The van der Waals surface area contributed by atoms with E-state index >= 15 is 0 Å². The molecule has 36 heavy (non-hydrogen) atoms. The fourth-order valence-electron chi connectivity index (χ4n) is 7.06. The monoisotopic (exact) mass is 513 g/mol. The molecule has 5 aliphatic rings. The van der Waals surface area contributed by atoms with Crippen LogP contribution in [0.5, 0.6) is 0 Å². The third kappa shape index (κ3) is 3.90. The van der Waals surface area contributed by atoms with Crippen LogP contribution in [0.1, 0.15) is 56.7 Å². The Kier molecular flexibility index (Phi) is 6.20. The van der Waals surface area contributed by atoms with Gasteiger partial charge in [0, 0.05) is 24.1 Å². The number of nitrogens with zero attached hydrogens (tertiary/aromatic N) is 1. The van der Waals surface area contributed by atoms with Crippen molar-refractivity contribution in [1.82, 2.24) is 15.5 Å². The minimum absolute atomic E-state index is 0.1000. The summed E-state index contributed by atoms with van der Waals surface area (Å²) in [4.78, 5) is 44.2. The van der Waals surface area contributed by atoms with Crippen LogP contribution in [0.2, 0.25) is 0 Å². The summed E-state index contributed by atoms with van der Waals surface area (Å²) in [6, 6.07) is 3.23. The van der Waals surface area contributed by atoms with Gasteiger partial charge in [0.05, 0.1) is 30.1 Å². The van der Waals surface area contributed by atoms with E-state index in [0.717, 1.165) is 43.4 Å². The van der Waals surface area contributed by atoms with E-state index in [-0.39, 0.29) is 29.9 Å². The van der Waals surface area contributed by atoms with Crippen molar-refractivity contribution >= 4 is 29.1 Å². The fraction of sp³-hybridized carbons (Fsp3) is 0.667. The number of fused-ring (bicyclic) bond motifs is 1. The number of nitrogens with one attached hydrogen (secondary N) is 2. The van der Waals surface area contributed by atoms with Crippen LogP contribution in [0.4, 0.5) is 0 Å². The molecule has 1 spiro atoms. The normalized spacial score (nSPS) is 37.5. The average Bonchev–Trinajstić information content (AvgIpc) is 3.67. The van der Waals surface area contributed by atoms with Gasteiger partial charge in [-0.2, -0.15) is 0 Å². The van der Waals surface area contributed by atoms with Gasteiger partial charge in [0.1, 0.15) is 11.6 Å². The van der Waals surface area contributed by atoms with Crippen LogP contribution in [0, 0.1) is 11.8 Å². The highest BCUT2D eigenvalue weighted by Gasteiger charge is 2.76. The first-order valence-corrected chi connectivity index (χ1v) is 14.2. The Morgan fingerprint density at radius 3 is 2.69 bits per heavy atom. The minimum Gasteiger partial charge on any atom is -0.376 e. The molecule has 6 atom stereocenters. The van der Waals surface area contributed by atoms with E-state index in [1.165, 1.54) is 6.42 Å². The first-order valence-electron chi connectivity index (χ1n) is 13.3. The van der Waals surface area contributed by atoms with Crippen molar-refractivity contribution in [3.05, 3.63) is 34.5 Å². The molecule has 9 heteroatoms. The van der Waals surface area contributed by atoms with Gasteiger partial charge >= 0.3 is 0 Å². The van der Waals surface area contributed by atoms with Crippen molar-refractivity contribution < 1.29 is 23.9 Å². The van der Waals surface area contributed by atoms with Crippen LogP contribution in [0.15, 0.2) is 29.7 Å². The maximum absolute atomic E-state index is 14.1. The molecule has 1 aliphatic carbocycles. The van der Waals surface area contributed by atoms with Crippen molar-refractivity contribution in [2.75, 3.05) is 13.2 Å². The number of carbonyl (C=O) groups is 3. The molecule has 0 radical (unpaired) electrons. The first-order chi connectivity index (χ1) is 17.4. The smallest absolute Gasteiger partial charge is 0.246 e. The summed E-state index contributed by atoms with van der Waals surface area (Å²) in [5.74, 6) is -2.00. The van der Waals surface area contributed by atoms with Gasteiger partial charge in [-0.1, -0.05) is 37.5 Å². The number of carbonyl (C=O) groups excluding carboxylic acids is 3. The molecule has 1 aromatic heterocycles. The number of ether oxygens (including phenoxy) is 2. The second-order valence-electron chi connectivity index (χ2n) is 11.1. The molecule has 4 fully saturated rings. The zero-order valence-corrected chi connectivity index (χ0v) is 21.6. The average molecular weight is 514 g/mol. The maximum atomic E-state index is 14.1. The Labute approximate surface area is 215 Å². The zero-order chi connectivity index (χ0) is 24.9. The summed E-state index contributed by atoms with van der Waals surface area (Å²) in [7, 11) is 0. The van der Waals surface area contributed by atoms with E-state index in [9.17, 15) is 14.4 Å². The quantitative estimate of drug-likeness (QED) is 0.547. The lowest BCUT2D eigenvalue weighted by molar-refractivity contribution is -0.146. The zero-order valence-electron chi connectivity index (χ0n) is 20.7. The Balaban J connectivity index is 1.30. The van der Waals surface area contributed by atoms with Gasteiger partial charge in [0.15, 0.2) is 0 Å². The van der Waals surface area contributed by atoms with Crippen LogP contribution < -0.4 is 10.6 Å². The SMILES string of the molecule is CC12C=CC3(O1)C(C(=O)N(CC1CCCO1)C3C(=O)NC1CCCCC1)C2C(=O)NCc1cccs1. The molecule has 194 valence electrons. The molecule has 0 aromatic carbocycles. The van der Waals surface area contributed by atoms with Crippen molar-refractivity contribution in [3.63, 3.8) is 0 Å². The molecule has 3 saturated heterocycles. The van der Waals surface area contributed by atoms with Gasteiger partial charge in [-0.05, 0) is 44.1 Å². The predicted molar refractivity (Wildman–Crippen MR) is 134 cm³/mol. The summed E-state index contributed by atoms with van der Waals surface area (Å²) >= 11 is 1.58. The standard InChI is InChI=1S/C27H35N3O5S/c1-26-11-12-27(35-26)21(20(26)23(31)28-15-19-10-6-14-36-19)25(33)30(16-18-9-5-13-34-18)22(27)24(32)29-17-7-3-2-4-8-17/h6,10-12,14,17-18,20-22H,2-5,7-9,13,15-16H2,1H3,(H,28,31)(H,29,32). The molecule has 6 rings (SSSR count). The summed E-state index contributed by atoms with van der Waals surface area (Å²) in [5.41, 5.74) is -2.08. The third-order valence-electron chi connectivity index (χ3n) is 8.72. The highest BCUT2D eigenvalue weighted by molar-refractivity contribution is 7.09. The van der Waals surface area contributed by atoms with Crippen LogP contribution in [0.3, 0.4) is 0 Å². The third-order valence-corrected chi connectivity index (χ3v) is 9.60. The highest BCUT2D eigenvalue weighted by Crippen LogP contribution is 2.59.